The highest BCUT2D eigenvalue weighted by atomic mass is 32.2. The largest absolute Gasteiger partial charge is 0.481 e. The van der Waals surface area contributed by atoms with E-state index in [2.05, 4.69) is 9.17 Å². The lowest BCUT2D eigenvalue weighted by Gasteiger charge is -2.07. The van der Waals surface area contributed by atoms with E-state index in [1.54, 1.807) is 0 Å². The summed E-state index contributed by atoms with van der Waals surface area (Å²) < 4.78 is 43.9. The van der Waals surface area contributed by atoms with E-state index in [4.69, 9.17) is 4.74 Å². The van der Waals surface area contributed by atoms with Crippen LogP contribution in [-0.4, -0.2) is 26.8 Å². The molecule has 0 amide bonds. The van der Waals surface area contributed by atoms with Crippen LogP contribution < -0.4 is 4.74 Å². The Bertz CT molecular complexity index is 446. The number of nitrogens with zero attached hydrogens (tertiary/aromatic N) is 1. The van der Waals surface area contributed by atoms with E-state index in [1.165, 1.54) is 13.3 Å². The number of rotatable bonds is 4. The molecule has 1 aromatic rings. The number of aromatic nitrogens is 1. The number of pyridine rings is 1. The van der Waals surface area contributed by atoms with Gasteiger partial charge in [-0.3, -0.25) is 4.18 Å². The maximum Gasteiger partial charge on any atom is 0.264 e. The second-order valence-electron chi connectivity index (χ2n) is 2.75. The van der Waals surface area contributed by atoms with Crippen LogP contribution in [0.1, 0.15) is 5.56 Å². The molecule has 0 unspecified atom stereocenters. The molecule has 0 aromatic carbocycles. The fourth-order valence-electron chi connectivity index (χ4n) is 0.924. The first-order valence-electron chi connectivity index (χ1n) is 3.96. The molecule has 84 valence electrons. The highest BCUT2D eigenvalue weighted by Gasteiger charge is 2.13. The average Bonchev–Trinajstić information content (AvgIpc) is 2.14. The third-order valence-electron chi connectivity index (χ3n) is 1.57. The maximum absolute atomic E-state index is 13.2. The lowest BCUT2D eigenvalue weighted by molar-refractivity contribution is 0.292. The van der Waals surface area contributed by atoms with E-state index in [0.29, 0.717) is 0 Å². The molecule has 0 saturated carbocycles. The molecule has 1 aromatic heterocycles. The number of hydrogen-bond donors (Lipinski definition) is 0. The van der Waals surface area contributed by atoms with Gasteiger partial charge in [-0.25, -0.2) is 9.37 Å². The standard InChI is InChI=1S/C8H10FNO4S/c1-13-8-6(5-14-15(2,11)12)7(9)3-4-10-8/h3-4H,5H2,1-2H3. The summed E-state index contributed by atoms with van der Waals surface area (Å²) in [4.78, 5) is 3.72. The molecule has 0 fully saturated rings. The van der Waals surface area contributed by atoms with Crippen LogP contribution in [0, 0.1) is 5.82 Å². The summed E-state index contributed by atoms with van der Waals surface area (Å²) in [6.45, 7) is -0.429. The molecule has 5 nitrogen and oxygen atoms in total. The van der Waals surface area contributed by atoms with Gasteiger partial charge in [0.15, 0.2) is 0 Å². The van der Waals surface area contributed by atoms with Gasteiger partial charge in [-0.15, -0.1) is 0 Å². The minimum atomic E-state index is -3.61. The second-order valence-corrected chi connectivity index (χ2v) is 4.39. The number of halogens is 1. The molecule has 0 radical (unpaired) electrons. The molecule has 0 bridgehead atoms. The monoisotopic (exact) mass is 235 g/mol. The maximum atomic E-state index is 13.2. The van der Waals surface area contributed by atoms with Crippen molar-refractivity contribution in [2.45, 2.75) is 6.61 Å². The molecular formula is C8H10FNO4S. The molecule has 0 saturated heterocycles. The fourth-order valence-corrected chi connectivity index (χ4v) is 1.26. The van der Waals surface area contributed by atoms with Gasteiger partial charge in [0.25, 0.3) is 10.1 Å². The molecule has 1 heterocycles. The Kier molecular flexibility index (Phi) is 3.59. The predicted octanol–water partition coefficient (Wildman–Crippen LogP) is 0.706. The zero-order valence-corrected chi connectivity index (χ0v) is 9.04. The zero-order chi connectivity index (χ0) is 11.5. The van der Waals surface area contributed by atoms with Crippen molar-refractivity contribution in [3.05, 3.63) is 23.6 Å². The van der Waals surface area contributed by atoms with Gasteiger partial charge >= 0.3 is 0 Å². The van der Waals surface area contributed by atoms with Crippen LogP contribution in [0.3, 0.4) is 0 Å². The van der Waals surface area contributed by atoms with Crippen molar-refractivity contribution in [1.82, 2.24) is 4.98 Å². The van der Waals surface area contributed by atoms with Gasteiger partial charge in [0.1, 0.15) is 5.82 Å². The van der Waals surface area contributed by atoms with E-state index < -0.39 is 22.5 Å². The summed E-state index contributed by atoms with van der Waals surface area (Å²) >= 11 is 0. The topological polar surface area (TPSA) is 65.5 Å². The van der Waals surface area contributed by atoms with Crippen molar-refractivity contribution in [1.29, 1.82) is 0 Å². The highest BCUT2D eigenvalue weighted by molar-refractivity contribution is 7.85. The van der Waals surface area contributed by atoms with Crippen molar-refractivity contribution >= 4 is 10.1 Å². The van der Waals surface area contributed by atoms with Crippen LogP contribution in [0.5, 0.6) is 5.88 Å². The quantitative estimate of drug-likeness (QED) is 0.719. The normalized spacial score (nSPS) is 11.4. The highest BCUT2D eigenvalue weighted by Crippen LogP contribution is 2.19. The smallest absolute Gasteiger partial charge is 0.264 e. The first-order valence-corrected chi connectivity index (χ1v) is 5.77. The zero-order valence-electron chi connectivity index (χ0n) is 8.23. The van der Waals surface area contributed by atoms with Gasteiger partial charge in [0, 0.05) is 6.20 Å². The average molecular weight is 235 g/mol. The molecule has 0 N–H and O–H groups in total. The van der Waals surface area contributed by atoms with Crippen molar-refractivity contribution in [3.8, 4) is 5.88 Å². The molecular weight excluding hydrogens is 225 g/mol. The van der Waals surface area contributed by atoms with E-state index in [1.807, 2.05) is 0 Å². The predicted molar refractivity (Wildman–Crippen MR) is 50.4 cm³/mol. The Hall–Kier alpha value is -1.21. The summed E-state index contributed by atoms with van der Waals surface area (Å²) in [6.07, 6.45) is 2.10. The van der Waals surface area contributed by atoms with Crippen LogP contribution in [0.15, 0.2) is 12.3 Å². The van der Waals surface area contributed by atoms with E-state index in [0.717, 1.165) is 12.3 Å². The van der Waals surface area contributed by atoms with Gasteiger partial charge in [-0.05, 0) is 6.07 Å². The summed E-state index contributed by atoms with van der Waals surface area (Å²) in [5.41, 5.74) is -0.0228. The molecule has 0 aliphatic rings. The molecule has 0 atom stereocenters. The molecule has 0 aliphatic carbocycles. The van der Waals surface area contributed by atoms with Gasteiger partial charge in [0.05, 0.1) is 25.5 Å². The van der Waals surface area contributed by atoms with E-state index in [-0.39, 0.29) is 11.4 Å². The lowest BCUT2D eigenvalue weighted by atomic mass is 10.3. The summed E-state index contributed by atoms with van der Waals surface area (Å²) in [6, 6.07) is 1.10. The number of hydrogen-bond acceptors (Lipinski definition) is 5. The third kappa shape index (κ3) is 3.45. The van der Waals surface area contributed by atoms with Gasteiger partial charge in [0.2, 0.25) is 5.88 Å². The SMILES string of the molecule is COc1nccc(F)c1COS(C)(=O)=O. The molecule has 0 spiro atoms. The Morgan fingerprint density at radius 3 is 2.73 bits per heavy atom. The molecule has 1 rings (SSSR count). The Balaban J connectivity index is 2.93. The first-order chi connectivity index (χ1) is 6.94. The van der Waals surface area contributed by atoms with Crippen molar-refractivity contribution < 1.29 is 21.7 Å². The van der Waals surface area contributed by atoms with Crippen LogP contribution in [-0.2, 0) is 20.9 Å². The van der Waals surface area contributed by atoms with Crippen molar-refractivity contribution in [2.24, 2.45) is 0 Å². The van der Waals surface area contributed by atoms with Gasteiger partial charge < -0.3 is 4.74 Å². The van der Waals surface area contributed by atoms with Gasteiger partial charge in [-0.2, -0.15) is 8.42 Å². The minimum absolute atomic E-state index is 0.0126. The van der Waals surface area contributed by atoms with Gasteiger partial charge in [-0.1, -0.05) is 0 Å². The lowest BCUT2D eigenvalue weighted by Crippen LogP contribution is -2.06. The van der Waals surface area contributed by atoms with Crippen LogP contribution in [0.2, 0.25) is 0 Å². The van der Waals surface area contributed by atoms with Crippen LogP contribution in [0.4, 0.5) is 4.39 Å². The molecule has 7 heteroatoms. The van der Waals surface area contributed by atoms with E-state index >= 15 is 0 Å². The number of ether oxygens (including phenoxy) is 1. The molecule has 15 heavy (non-hydrogen) atoms. The first kappa shape index (κ1) is 11.9. The summed E-state index contributed by atoms with van der Waals surface area (Å²) in [7, 11) is -2.30. The Labute approximate surface area is 87.0 Å². The van der Waals surface area contributed by atoms with Crippen molar-refractivity contribution in [3.63, 3.8) is 0 Å². The fraction of sp³-hybridized carbons (Fsp3) is 0.375. The Morgan fingerprint density at radius 2 is 2.20 bits per heavy atom. The summed E-state index contributed by atoms with van der Waals surface area (Å²) in [5.74, 6) is -0.607. The van der Waals surface area contributed by atoms with E-state index in [9.17, 15) is 12.8 Å². The van der Waals surface area contributed by atoms with Crippen LogP contribution >= 0.6 is 0 Å². The second kappa shape index (κ2) is 4.54. The number of methoxy groups -OCH3 is 1. The third-order valence-corrected chi connectivity index (χ3v) is 2.12. The van der Waals surface area contributed by atoms with Crippen molar-refractivity contribution in [2.75, 3.05) is 13.4 Å². The Morgan fingerprint density at radius 1 is 1.53 bits per heavy atom. The molecule has 0 aliphatic heterocycles. The van der Waals surface area contributed by atoms with Crippen LogP contribution in [0.25, 0.3) is 0 Å². The summed E-state index contributed by atoms with van der Waals surface area (Å²) in [5, 5.41) is 0. The minimum Gasteiger partial charge on any atom is -0.481 e.